The van der Waals surface area contributed by atoms with E-state index in [4.69, 9.17) is 14.3 Å². The number of hydrogen-bond donors (Lipinski definition) is 1. The van der Waals surface area contributed by atoms with Crippen LogP contribution in [-0.4, -0.2) is 43.5 Å². The average molecular weight is 464 g/mol. The molecule has 1 aliphatic rings. The highest BCUT2D eigenvalue weighted by Gasteiger charge is 2.27. The second-order valence-corrected chi connectivity index (χ2v) is 7.84. The summed E-state index contributed by atoms with van der Waals surface area (Å²) in [5.41, 5.74) is 2.99. The molecule has 1 aliphatic heterocycles. The number of benzene rings is 3. The van der Waals surface area contributed by atoms with Gasteiger partial charge in [0.15, 0.2) is 6.10 Å². The number of carbonyl (C=O) groups excluding carboxylic acids is 1. The summed E-state index contributed by atoms with van der Waals surface area (Å²) < 4.78 is 23.9. The van der Waals surface area contributed by atoms with Gasteiger partial charge in [-0.05, 0) is 47.5 Å². The number of nitrogens with zero attached hydrogens (tertiary/aromatic N) is 2. The Bertz CT molecular complexity index is 1170. The Morgan fingerprint density at radius 1 is 1.09 bits per heavy atom. The number of ether oxygens (including phenoxy) is 2. The van der Waals surface area contributed by atoms with Gasteiger partial charge in [-0.2, -0.15) is 0 Å². The van der Waals surface area contributed by atoms with Gasteiger partial charge in [-0.3, -0.25) is 0 Å². The lowest BCUT2D eigenvalue weighted by atomic mass is 10.0. The lowest BCUT2D eigenvalue weighted by molar-refractivity contribution is 0.0608. The van der Waals surface area contributed by atoms with Gasteiger partial charge in [0.25, 0.3) is 0 Å². The summed E-state index contributed by atoms with van der Waals surface area (Å²) >= 11 is 0. The monoisotopic (exact) mass is 463 g/mol. The fourth-order valence-corrected chi connectivity index (χ4v) is 3.74. The van der Waals surface area contributed by atoms with Gasteiger partial charge in [-0.25, -0.2) is 9.18 Å². The molecule has 3 aromatic carbocycles. The number of hydrogen-bond acceptors (Lipinski definition) is 5. The highest BCUT2D eigenvalue weighted by Crippen LogP contribution is 2.25. The molecular weight excluding hydrogens is 437 g/mol. The van der Waals surface area contributed by atoms with Crippen LogP contribution >= 0.6 is 0 Å². The molecule has 2 amide bonds. The van der Waals surface area contributed by atoms with Gasteiger partial charge in [0.1, 0.15) is 17.3 Å². The third kappa shape index (κ3) is 5.64. The first-order valence-corrected chi connectivity index (χ1v) is 10.9. The van der Waals surface area contributed by atoms with Crippen LogP contribution < -0.4 is 14.8 Å². The second kappa shape index (κ2) is 10.7. The number of para-hydroxylation sites is 2. The summed E-state index contributed by atoms with van der Waals surface area (Å²) in [7, 11) is 3.16. The van der Waals surface area contributed by atoms with E-state index in [1.165, 1.54) is 12.1 Å². The van der Waals surface area contributed by atoms with Crippen LogP contribution in [0.1, 0.15) is 17.5 Å². The molecule has 0 aromatic heterocycles. The van der Waals surface area contributed by atoms with E-state index in [9.17, 15) is 9.18 Å². The first-order chi connectivity index (χ1) is 16.6. The van der Waals surface area contributed by atoms with Gasteiger partial charge in [0, 0.05) is 13.0 Å². The quantitative estimate of drug-likeness (QED) is 0.506. The molecule has 0 fully saturated rings. The molecule has 0 saturated heterocycles. The number of halogens is 1. The number of amides is 2. The molecule has 0 radical (unpaired) electrons. The van der Waals surface area contributed by atoms with Crippen molar-refractivity contribution in [3.63, 3.8) is 0 Å². The topological polar surface area (TPSA) is 72.4 Å². The van der Waals surface area contributed by atoms with Gasteiger partial charge in [-0.1, -0.05) is 41.6 Å². The van der Waals surface area contributed by atoms with Crippen LogP contribution in [0.5, 0.6) is 11.5 Å². The maximum Gasteiger partial charge on any atom is 0.322 e. The Morgan fingerprint density at radius 2 is 1.88 bits per heavy atom. The smallest absolute Gasteiger partial charge is 0.322 e. The average Bonchev–Trinajstić information content (AvgIpc) is 3.33. The fraction of sp³-hybridized carbons (Fsp3) is 0.231. The molecule has 0 bridgehead atoms. The number of carbonyl (C=O) groups is 1. The molecule has 176 valence electrons. The minimum absolute atomic E-state index is 0.298. The lowest BCUT2D eigenvalue weighted by Crippen LogP contribution is -2.40. The van der Waals surface area contributed by atoms with Crippen molar-refractivity contribution in [2.75, 3.05) is 26.1 Å². The van der Waals surface area contributed by atoms with E-state index < -0.39 is 0 Å². The van der Waals surface area contributed by atoms with E-state index in [0.717, 1.165) is 16.8 Å². The maximum absolute atomic E-state index is 13.3. The van der Waals surface area contributed by atoms with Crippen molar-refractivity contribution in [1.82, 2.24) is 4.90 Å². The number of nitrogens with one attached hydrogen (secondary N) is 1. The normalized spacial score (nSPS) is 14.7. The predicted molar refractivity (Wildman–Crippen MR) is 128 cm³/mol. The van der Waals surface area contributed by atoms with E-state index in [1.54, 1.807) is 43.4 Å². The molecule has 1 unspecified atom stereocenters. The summed E-state index contributed by atoms with van der Waals surface area (Å²) in [5.74, 6) is 0.968. The first kappa shape index (κ1) is 23.1. The zero-order valence-electron chi connectivity index (χ0n) is 19.0. The molecule has 1 N–H and O–H groups in total. The Morgan fingerprint density at radius 3 is 2.65 bits per heavy atom. The largest absolute Gasteiger partial charge is 0.497 e. The number of urea groups is 1. The summed E-state index contributed by atoms with van der Waals surface area (Å²) in [6.07, 6.45) is 0.163. The zero-order valence-corrected chi connectivity index (χ0v) is 19.0. The zero-order chi connectivity index (χ0) is 23.9. The lowest BCUT2D eigenvalue weighted by Gasteiger charge is -2.26. The van der Waals surface area contributed by atoms with Gasteiger partial charge >= 0.3 is 6.03 Å². The van der Waals surface area contributed by atoms with Crippen LogP contribution in [0.2, 0.25) is 0 Å². The summed E-state index contributed by atoms with van der Waals surface area (Å²) in [6.45, 7) is 0.635. The third-order valence-electron chi connectivity index (χ3n) is 5.48. The molecule has 34 heavy (non-hydrogen) atoms. The Kier molecular flexibility index (Phi) is 7.27. The second-order valence-electron chi connectivity index (χ2n) is 7.84. The molecule has 7 nitrogen and oxygen atoms in total. The summed E-state index contributed by atoms with van der Waals surface area (Å²) in [4.78, 5) is 20.6. The molecule has 3 aromatic rings. The molecule has 0 aliphatic carbocycles. The van der Waals surface area contributed by atoms with Gasteiger partial charge in [0.2, 0.25) is 0 Å². The van der Waals surface area contributed by atoms with Crippen LogP contribution in [0.25, 0.3) is 0 Å². The molecule has 0 spiro atoms. The molecule has 8 heteroatoms. The maximum atomic E-state index is 13.3. The van der Waals surface area contributed by atoms with Crippen molar-refractivity contribution < 1.29 is 23.5 Å². The van der Waals surface area contributed by atoms with Crippen LogP contribution in [0.4, 0.5) is 14.9 Å². The number of rotatable bonds is 8. The SMILES string of the molecule is COc1cccc(CN(CC2CC(c3ccc(F)cc3)=NO2)C(=O)Nc2ccccc2OC)c1. The van der Waals surface area contributed by atoms with Crippen molar-refractivity contribution in [3.05, 3.63) is 89.7 Å². The van der Waals surface area contributed by atoms with E-state index >= 15 is 0 Å². The minimum atomic E-state index is -0.339. The van der Waals surface area contributed by atoms with Gasteiger partial charge in [-0.15, -0.1) is 0 Å². The predicted octanol–water partition coefficient (Wildman–Crippen LogP) is 5.07. The van der Waals surface area contributed by atoms with Crippen LogP contribution in [-0.2, 0) is 11.4 Å². The number of methoxy groups -OCH3 is 2. The van der Waals surface area contributed by atoms with E-state index in [-0.39, 0.29) is 18.0 Å². The number of oxime groups is 1. The summed E-state index contributed by atoms with van der Waals surface area (Å²) in [5, 5.41) is 7.10. The van der Waals surface area contributed by atoms with E-state index in [2.05, 4.69) is 10.5 Å². The summed E-state index contributed by atoms with van der Waals surface area (Å²) in [6, 6.07) is 20.6. The Balaban J connectivity index is 1.50. The highest BCUT2D eigenvalue weighted by atomic mass is 19.1. The molecule has 0 saturated carbocycles. The third-order valence-corrected chi connectivity index (χ3v) is 5.48. The van der Waals surface area contributed by atoms with Crippen molar-refractivity contribution in [2.45, 2.75) is 19.1 Å². The standard InChI is InChI=1S/C26H26FN3O4/c1-32-21-7-5-6-18(14-21)16-30(26(31)28-23-8-3-4-9-25(23)33-2)17-22-15-24(29-34-22)19-10-12-20(27)13-11-19/h3-14,22H,15-17H2,1-2H3,(H,28,31). The Hall–Kier alpha value is -4.07. The molecule has 1 atom stereocenters. The van der Waals surface area contributed by atoms with Crippen LogP contribution in [0, 0.1) is 5.82 Å². The molecule has 4 rings (SSSR count). The van der Waals surface area contributed by atoms with Crippen molar-refractivity contribution in [2.24, 2.45) is 5.16 Å². The first-order valence-electron chi connectivity index (χ1n) is 10.9. The van der Waals surface area contributed by atoms with Crippen molar-refractivity contribution in [3.8, 4) is 11.5 Å². The highest BCUT2D eigenvalue weighted by molar-refractivity contribution is 6.01. The number of anilines is 1. The van der Waals surface area contributed by atoms with Crippen LogP contribution in [0.3, 0.4) is 0 Å². The Labute approximate surface area is 197 Å². The van der Waals surface area contributed by atoms with E-state index in [1.807, 2.05) is 36.4 Å². The van der Waals surface area contributed by atoms with Crippen molar-refractivity contribution in [1.29, 1.82) is 0 Å². The van der Waals surface area contributed by atoms with Gasteiger partial charge < -0.3 is 24.5 Å². The molecular formula is C26H26FN3O4. The fourth-order valence-electron chi connectivity index (χ4n) is 3.74. The minimum Gasteiger partial charge on any atom is -0.497 e. The van der Waals surface area contributed by atoms with E-state index in [0.29, 0.717) is 36.7 Å². The molecule has 1 heterocycles. The van der Waals surface area contributed by atoms with Crippen molar-refractivity contribution >= 4 is 17.4 Å². The van der Waals surface area contributed by atoms with Crippen LogP contribution in [0.15, 0.2) is 78.0 Å². The van der Waals surface area contributed by atoms with Gasteiger partial charge in [0.05, 0.1) is 32.2 Å².